The van der Waals surface area contributed by atoms with Crippen LogP contribution in [0.3, 0.4) is 0 Å². The second kappa shape index (κ2) is 40.0. The molecular weight excluding hydrogens is 1850 g/mol. The Balaban J connectivity index is 0.000000150. The van der Waals surface area contributed by atoms with Crippen molar-refractivity contribution in [1.82, 2.24) is 116 Å². The van der Waals surface area contributed by atoms with Crippen LogP contribution in [0, 0.1) is 17.8 Å². The van der Waals surface area contributed by atoms with Crippen molar-refractivity contribution < 1.29 is 76.0 Å². The molecule has 3 saturated heterocycles. The number of aromatic nitrogens is 24. The van der Waals surface area contributed by atoms with Gasteiger partial charge in [0.25, 0.3) is 26.8 Å². The Morgan fingerprint density at radius 3 is 1.24 bits per heavy atom. The van der Waals surface area contributed by atoms with Gasteiger partial charge in [-0.15, -0.1) is 0 Å². The van der Waals surface area contributed by atoms with Gasteiger partial charge >= 0.3 is 18.5 Å². The smallest absolute Gasteiger partial charge is 0.361 e. The van der Waals surface area contributed by atoms with Crippen molar-refractivity contribution in [1.29, 1.82) is 0 Å². The number of H-pyrrole nitrogens is 2. The third-order valence-electron chi connectivity index (χ3n) is 22.6. The van der Waals surface area contributed by atoms with E-state index >= 15 is 0 Å². The first kappa shape index (κ1) is 98.8. The average molecular weight is 1950 g/mol. The van der Waals surface area contributed by atoms with Crippen molar-refractivity contribution in [3.8, 4) is 34.2 Å². The number of pyridine rings is 3. The molecule has 3 aliphatic heterocycles. The number of imidazole rings is 6. The maximum absolute atomic E-state index is 13.9. The number of carbonyl (C=O) groups is 3. The van der Waals surface area contributed by atoms with Crippen LogP contribution >= 0.6 is 0 Å². The van der Waals surface area contributed by atoms with Crippen LogP contribution in [-0.4, -0.2) is 204 Å². The van der Waals surface area contributed by atoms with E-state index < -0.39 is 61.9 Å². The van der Waals surface area contributed by atoms with Gasteiger partial charge in [-0.25, -0.2) is 44.9 Å². The van der Waals surface area contributed by atoms with Gasteiger partial charge in [-0.05, 0) is 67.7 Å². The molecule has 0 saturated carbocycles. The molecule has 3 unspecified atom stereocenters. The highest BCUT2D eigenvalue weighted by molar-refractivity contribution is 7.86. The first-order chi connectivity index (χ1) is 64.0. The summed E-state index contributed by atoms with van der Waals surface area (Å²) >= 11 is 0. The minimum Gasteiger partial charge on any atom is -0.361 e. The summed E-state index contributed by atoms with van der Waals surface area (Å²) in [5, 5.41) is 15.8. The molecule has 18 heterocycles. The van der Waals surface area contributed by atoms with Gasteiger partial charge in [-0.3, -0.25) is 83.5 Å². The zero-order chi connectivity index (χ0) is 96.5. The second-order valence-corrected chi connectivity index (χ2v) is 48.4. The van der Waals surface area contributed by atoms with Gasteiger partial charge in [0.2, 0.25) is 35.1 Å². The molecule has 724 valence electrons. The monoisotopic (exact) mass is 1950 g/mol. The quantitative estimate of drug-likeness (QED) is 0.0190. The molecule has 0 spiro atoms. The largest absolute Gasteiger partial charge is 0.433 e. The Hall–Kier alpha value is -13.2. The number of amides is 3. The molecule has 2 N–H and O–H groups in total. The molecule has 136 heavy (non-hydrogen) atoms. The molecule has 0 aliphatic carbocycles. The SMILES string of the molecule is C.CCCn1c(=O)c2[nH]c(-c3cnn(CC4CC(=O)N(c5ccc(C(F)(F)F)nc5)C4)c3)nc2n2ccnc12.CCCn1c(=O)c2c(nc(-c3cn[nH]c3)n2COCC[Si](C)(C)C)n2ccnc12.CCCn1c(=O)c2c(nc(-c3cnn(CC4CC(=O)N(c5ccc(C(F)(F)F)nc5)C4)c3)n2COCC[Si](C)(C)C)n2ccnc12.CS(=O)(=O)OCC1CC(=O)N(c2ccc(C(F)(F)F)nc2)C1. The standard InChI is InChI=1S/C30H36F3N9O3Si.C24H22F3N9O2.C19H27N7O2Si.C12H13F3N2O4S.CH4/c1-5-9-40-28(44)25-27(39-10-8-34-29(39)40)37-26(42(25)19-45-11-12-46(2,3)4)21-14-36-38(18-21)16-20-13-24(43)41(17-20)22-6-7-23(35-15-22)30(31,32)33;1-2-6-35-22(38)19-21(34-7-5-28-23(34)35)32-20(31-19)15-9-30-33(13-15)11-14-8-18(37)36(12-14)16-3-4-17(29-10-16)24(25,26)27;1-5-7-25-18(27)15-17(24-8-6-20-19(24)25)23-16(14-11-21-22-12-14)26(15)13-28-9-10-29(2,3)4;1-22(19,20)21-7-8-4-11(18)17(6-8)9-2-3-10(16-5-9)12(13,14)15;/h6-8,10,14-15,18,20H,5,9,11-13,16-17,19H2,1-4H3;3-5,7,9-10,13-14H,2,6,8,11-12H2,1H3,(H,31,32);6,8,11-12H,5,7,9-10,13H2,1-4H3,(H,21,22);2-3,5,8H,4,6-7H2,1H3;1H4. The van der Waals surface area contributed by atoms with E-state index in [1.165, 1.54) is 26.8 Å². The molecule has 3 fully saturated rings. The van der Waals surface area contributed by atoms with Gasteiger partial charge < -0.3 is 29.2 Å². The Labute approximate surface area is 772 Å². The lowest BCUT2D eigenvalue weighted by Crippen LogP contribution is -2.25. The molecule has 3 atom stereocenters. The lowest BCUT2D eigenvalue weighted by Gasteiger charge is -2.17. The van der Waals surface area contributed by atoms with E-state index in [1.54, 1.807) is 94.0 Å². The fourth-order valence-electron chi connectivity index (χ4n) is 16.0. The molecule has 15 aromatic rings. The summed E-state index contributed by atoms with van der Waals surface area (Å²) in [7, 11) is -6.14. The molecule has 0 aromatic carbocycles. The lowest BCUT2D eigenvalue weighted by atomic mass is 10.1. The van der Waals surface area contributed by atoms with Crippen LogP contribution in [-0.2, 0) is 103 Å². The predicted octanol–water partition coefficient (Wildman–Crippen LogP) is 13.0. The highest BCUT2D eigenvalue weighted by atomic mass is 32.2. The maximum Gasteiger partial charge on any atom is 0.433 e. The predicted molar refractivity (Wildman–Crippen MR) is 490 cm³/mol. The molecular formula is C86H102F9N27O11SSi2. The van der Waals surface area contributed by atoms with E-state index in [2.05, 4.69) is 104 Å². The number of hydrogen-bond donors (Lipinski definition) is 2. The number of alkyl halides is 9. The van der Waals surface area contributed by atoms with Crippen LogP contribution < -0.4 is 31.4 Å². The summed E-state index contributed by atoms with van der Waals surface area (Å²) in [4.78, 5) is 123. The van der Waals surface area contributed by atoms with E-state index in [4.69, 9.17) is 19.4 Å². The number of rotatable bonds is 29. The molecule has 18 rings (SSSR count). The fourth-order valence-corrected chi connectivity index (χ4v) is 18.0. The number of carbonyl (C=O) groups excluding carboxylic acids is 3. The first-order valence-corrected chi connectivity index (χ1v) is 52.7. The Morgan fingerprint density at radius 1 is 0.471 bits per heavy atom. The fraction of sp³-hybridized carbons (Fsp3) is 0.442. The molecule has 3 aliphatic rings. The van der Waals surface area contributed by atoms with Gasteiger partial charge in [0.05, 0.1) is 83.8 Å². The van der Waals surface area contributed by atoms with Crippen LogP contribution in [0.4, 0.5) is 56.6 Å². The van der Waals surface area contributed by atoms with E-state index in [0.717, 1.165) is 86.0 Å². The molecule has 38 nitrogen and oxygen atoms in total. The number of aryl methyl sites for hydroxylation is 3. The van der Waals surface area contributed by atoms with Crippen molar-refractivity contribution in [2.75, 3.05) is 60.4 Å². The minimum atomic E-state index is -4.55. The maximum atomic E-state index is 13.9. The molecule has 0 radical (unpaired) electrons. The Morgan fingerprint density at radius 2 is 0.860 bits per heavy atom. The number of ether oxygens (including phenoxy) is 2. The van der Waals surface area contributed by atoms with Crippen LogP contribution in [0.15, 0.2) is 144 Å². The number of fused-ring (bicyclic) bond motifs is 9. The number of aromatic amines is 2. The number of nitrogens with zero attached hydrogens (tertiary/aromatic N) is 25. The third kappa shape index (κ3) is 22.0. The third-order valence-corrected chi connectivity index (χ3v) is 26.6. The van der Waals surface area contributed by atoms with Gasteiger partial charge in [0.1, 0.15) is 48.0 Å². The zero-order valence-electron chi connectivity index (χ0n) is 75.2. The molecule has 3 amide bonds. The van der Waals surface area contributed by atoms with Crippen molar-refractivity contribution in [2.24, 2.45) is 17.8 Å². The van der Waals surface area contributed by atoms with E-state index in [0.29, 0.717) is 150 Å². The van der Waals surface area contributed by atoms with Crippen molar-refractivity contribution in [2.45, 2.75) is 183 Å². The van der Waals surface area contributed by atoms with Gasteiger partial charge in [0.15, 0.2) is 33.5 Å². The van der Waals surface area contributed by atoms with Crippen molar-refractivity contribution >= 4 is 112 Å². The normalized spacial score (nSPS) is 15.8. The van der Waals surface area contributed by atoms with Crippen molar-refractivity contribution in [3.05, 3.63) is 177 Å². The Kier molecular flexibility index (Phi) is 29.0. The van der Waals surface area contributed by atoms with Gasteiger partial charge in [-0.1, -0.05) is 67.5 Å². The van der Waals surface area contributed by atoms with E-state index in [-0.39, 0.29) is 111 Å². The summed E-state index contributed by atoms with van der Waals surface area (Å²) < 4.78 is 171. The lowest BCUT2D eigenvalue weighted by molar-refractivity contribution is -0.141. The summed E-state index contributed by atoms with van der Waals surface area (Å²) in [5.74, 6) is 2.05. The second-order valence-electron chi connectivity index (χ2n) is 35.5. The van der Waals surface area contributed by atoms with Crippen LogP contribution in [0.25, 0.3) is 85.0 Å². The first-order valence-electron chi connectivity index (χ1n) is 43.5. The number of nitrogens with one attached hydrogen (secondary N) is 2. The molecule has 15 aromatic heterocycles. The van der Waals surface area contributed by atoms with Crippen LogP contribution in [0.5, 0.6) is 0 Å². The number of anilines is 3. The Bertz CT molecular complexity index is 7120. The van der Waals surface area contributed by atoms with Gasteiger partial charge in [-0.2, -0.15) is 63.2 Å². The minimum absolute atomic E-state index is 0. The van der Waals surface area contributed by atoms with Crippen LogP contribution in [0.1, 0.15) is 83.8 Å². The topological polar surface area (TPSA) is 408 Å². The number of halogens is 9. The summed E-state index contributed by atoms with van der Waals surface area (Å²) in [6, 6.07) is 8.27. The highest BCUT2D eigenvalue weighted by Crippen LogP contribution is 2.37. The summed E-state index contributed by atoms with van der Waals surface area (Å²) in [5.41, 5.74) is 2.33. The highest BCUT2D eigenvalue weighted by Gasteiger charge is 2.40. The average Bonchev–Trinajstić information content (AvgIpc) is 1.57. The summed E-state index contributed by atoms with van der Waals surface area (Å²) in [6.45, 7) is 24.6. The molecule has 0 bridgehead atoms. The summed E-state index contributed by atoms with van der Waals surface area (Å²) in [6.07, 6.45) is 14.0. The van der Waals surface area contributed by atoms with Crippen molar-refractivity contribution in [3.63, 3.8) is 0 Å². The van der Waals surface area contributed by atoms with E-state index in [1.807, 2.05) is 46.5 Å². The molecule has 50 heteroatoms. The van der Waals surface area contributed by atoms with Crippen LogP contribution in [0.2, 0.25) is 51.4 Å². The van der Waals surface area contributed by atoms with Gasteiger partial charge in [0, 0.05) is 175 Å². The number of hydrogen-bond acceptors (Lipinski definition) is 23. The zero-order valence-corrected chi connectivity index (χ0v) is 78.0. The van der Waals surface area contributed by atoms with E-state index in [9.17, 15) is 76.7 Å².